The standard InChI is InChI=1S/C25H20N4O3S2.ClH/c1-28-11-10-16-19(12-28)34-23(21(16)22-26-17-8-4-5-9-18(17)33-22)27-20(30)13-29-24(31)14-6-2-3-7-15(14)25(29)32;/h2-9H,10-13H2,1H3,(H,27,30);1H. The van der Waals surface area contributed by atoms with Crippen LogP contribution in [0, 0.1) is 0 Å². The van der Waals surface area contributed by atoms with E-state index in [1.807, 2.05) is 24.3 Å². The quantitative estimate of drug-likeness (QED) is 0.392. The zero-order valence-corrected chi connectivity index (χ0v) is 21.2. The minimum atomic E-state index is -0.436. The van der Waals surface area contributed by atoms with Crippen molar-refractivity contribution >= 4 is 68.0 Å². The minimum absolute atomic E-state index is 0. The van der Waals surface area contributed by atoms with Crippen LogP contribution in [0.2, 0.25) is 0 Å². The maximum Gasteiger partial charge on any atom is 0.262 e. The van der Waals surface area contributed by atoms with Crippen LogP contribution in [-0.2, 0) is 17.8 Å². The number of amides is 3. The molecule has 3 amide bonds. The number of aromatic nitrogens is 1. The fourth-order valence-electron chi connectivity index (χ4n) is 4.52. The maximum atomic E-state index is 13.1. The molecule has 4 heterocycles. The van der Waals surface area contributed by atoms with Crippen molar-refractivity contribution in [3.63, 3.8) is 0 Å². The highest BCUT2D eigenvalue weighted by atomic mass is 35.5. The molecular formula is C25H21ClN4O3S2. The van der Waals surface area contributed by atoms with Gasteiger partial charge in [0, 0.05) is 23.5 Å². The molecule has 0 unspecified atom stereocenters. The molecule has 2 aromatic heterocycles. The van der Waals surface area contributed by atoms with E-state index in [1.54, 1.807) is 46.9 Å². The lowest BCUT2D eigenvalue weighted by atomic mass is 10.0. The summed E-state index contributed by atoms with van der Waals surface area (Å²) >= 11 is 3.16. The van der Waals surface area contributed by atoms with Gasteiger partial charge in [-0.15, -0.1) is 35.1 Å². The number of rotatable bonds is 4. The van der Waals surface area contributed by atoms with Gasteiger partial charge in [0.05, 0.1) is 21.3 Å². The van der Waals surface area contributed by atoms with Crippen molar-refractivity contribution < 1.29 is 14.4 Å². The first-order valence-corrected chi connectivity index (χ1v) is 12.6. The van der Waals surface area contributed by atoms with Crippen LogP contribution < -0.4 is 5.32 Å². The molecule has 4 aromatic rings. The topological polar surface area (TPSA) is 82.6 Å². The molecule has 6 rings (SSSR count). The summed E-state index contributed by atoms with van der Waals surface area (Å²) in [5, 5.41) is 4.60. The Labute approximate surface area is 215 Å². The van der Waals surface area contributed by atoms with Crippen LogP contribution in [0.5, 0.6) is 0 Å². The largest absolute Gasteiger partial charge is 0.316 e. The van der Waals surface area contributed by atoms with Crippen LogP contribution in [0.1, 0.15) is 31.2 Å². The number of hydrogen-bond donors (Lipinski definition) is 1. The van der Waals surface area contributed by atoms with E-state index in [2.05, 4.69) is 17.3 Å². The lowest BCUT2D eigenvalue weighted by molar-refractivity contribution is -0.116. The molecule has 7 nitrogen and oxygen atoms in total. The number of thiazole rings is 1. The van der Waals surface area contributed by atoms with Gasteiger partial charge in [0.15, 0.2) is 0 Å². The third kappa shape index (κ3) is 4.04. The van der Waals surface area contributed by atoms with Crippen molar-refractivity contribution in [3.8, 4) is 10.6 Å². The smallest absolute Gasteiger partial charge is 0.262 e. The minimum Gasteiger partial charge on any atom is -0.316 e. The van der Waals surface area contributed by atoms with Crippen molar-refractivity contribution in [2.45, 2.75) is 13.0 Å². The maximum absolute atomic E-state index is 13.1. The van der Waals surface area contributed by atoms with Crippen LogP contribution >= 0.6 is 35.1 Å². The lowest BCUT2D eigenvalue weighted by Gasteiger charge is -2.22. The second-order valence-corrected chi connectivity index (χ2v) is 10.6. The Hall–Kier alpha value is -3.11. The third-order valence-corrected chi connectivity index (χ3v) is 8.37. The molecule has 178 valence electrons. The van der Waals surface area contributed by atoms with Gasteiger partial charge in [0.2, 0.25) is 5.91 Å². The van der Waals surface area contributed by atoms with Crippen molar-refractivity contribution in [1.82, 2.24) is 14.8 Å². The second kappa shape index (κ2) is 9.16. The first-order valence-electron chi connectivity index (χ1n) is 10.9. The van der Waals surface area contributed by atoms with Crippen molar-refractivity contribution in [2.24, 2.45) is 0 Å². The van der Waals surface area contributed by atoms with Gasteiger partial charge in [-0.25, -0.2) is 4.98 Å². The van der Waals surface area contributed by atoms with Crippen LogP contribution in [0.4, 0.5) is 5.00 Å². The van der Waals surface area contributed by atoms with Crippen molar-refractivity contribution in [3.05, 3.63) is 70.1 Å². The number of benzene rings is 2. The Morgan fingerprint density at radius 3 is 2.43 bits per heavy atom. The first-order chi connectivity index (χ1) is 16.5. The third-order valence-electron chi connectivity index (χ3n) is 6.19. The van der Waals surface area contributed by atoms with Gasteiger partial charge in [-0.3, -0.25) is 19.3 Å². The number of thiophene rings is 1. The van der Waals surface area contributed by atoms with E-state index in [9.17, 15) is 14.4 Å². The Kier molecular flexibility index (Phi) is 6.18. The number of halogens is 1. The van der Waals surface area contributed by atoms with E-state index in [0.29, 0.717) is 11.1 Å². The van der Waals surface area contributed by atoms with E-state index < -0.39 is 17.7 Å². The van der Waals surface area contributed by atoms with E-state index >= 15 is 0 Å². The highest BCUT2D eigenvalue weighted by molar-refractivity contribution is 7.22. The highest BCUT2D eigenvalue weighted by Crippen LogP contribution is 2.45. The van der Waals surface area contributed by atoms with Crippen LogP contribution in [0.25, 0.3) is 20.8 Å². The molecule has 0 radical (unpaired) electrons. The van der Waals surface area contributed by atoms with E-state index in [4.69, 9.17) is 4.98 Å². The van der Waals surface area contributed by atoms with Gasteiger partial charge < -0.3 is 10.2 Å². The Balaban J connectivity index is 0.00000253. The summed E-state index contributed by atoms with van der Waals surface area (Å²) in [5.74, 6) is -1.27. The molecule has 10 heteroatoms. The van der Waals surface area contributed by atoms with Crippen LogP contribution in [0.3, 0.4) is 0 Å². The molecule has 0 saturated carbocycles. The average Bonchev–Trinajstić information content (AvgIpc) is 3.47. The van der Waals surface area contributed by atoms with Crippen LogP contribution in [0.15, 0.2) is 48.5 Å². The van der Waals surface area contributed by atoms with E-state index in [0.717, 1.165) is 50.2 Å². The van der Waals surface area contributed by atoms with Gasteiger partial charge in [-0.2, -0.15) is 0 Å². The zero-order valence-electron chi connectivity index (χ0n) is 18.7. The summed E-state index contributed by atoms with van der Waals surface area (Å²) in [7, 11) is 2.08. The Morgan fingerprint density at radius 2 is 1.71 bits per heavy atom. The number of carbonyl (C=O) groups is 3. The zero-order chi connectivity index (χ0) is 23.4. The molecule has 0 atom stereocenters. The summed E-state index contributed by atoms with van der Waals surface area (Å²) in [6, 6.07) is 14.6. The van der Waals surface area contributed by atoms with Gasteiger partial charge in [0.25, 0.3) is 11.8 Å². The Morgan fingerprint density at radius 1 is 1.03 bits per heavy atom. The number of anilines is 1. The molecule has 1 N–H and O–H groups in total. The molecular weight excluding hydrogens is 504 g/mol. The SMILES string of the molecule is CN1CCc2c(sc(NC(=O)CN3C(=O)c4ccccc4C3=O)c2-c2nc3ccccc3s2)C1.Cl. The summed E-state index contributed by atoms with van der Waals surface area (Å²) in [6.07, 6.45) is 0.877. The van der Waals surface area contributed by atoms with Gasteiger partial charge in [0.1, 0.15) is 16.6 Å². The molecule has 0 bridgehead atoms. The second-order valence-electron chi connectivity index (χ2n) is 8.47. The number of likely N-dealkylation sites (N-methyl/N-ethyl adjacent to an activating group) is 1. The number of nitrogens with zero attached hydrogens (tertiary/aromatic N) is 3. The number of carbonyl (C=O) groups excluding carboxylic acids is 3. The number of nitrogens with one attached hydrogen (secondary N) is 1. The van der Waals surface area contributed by atoms with Crippen molar-refractivity contribution in [2.75, 3.05) is 25.5 Å². The fraction of sp³-hybridized carbons (Fsp3) is 0.200. The monoisotopic (exact) mass is 524 g/mol. The fourth-order valence-corrected chi connectivity index (χ4v) is 6.97. The predicted octanol–water partition coefficient (Wildman–Crippen LogP) is 4.67. The number of para-hydroxylation sites is 1. The molecule has 2 aliphatic heterocycles. The Bertz CT molecular complexity index is 1430. The molecule has 2 aromatic carbocycles. The van der Waals surface area contributed by atoms with Crippen molar-refractivity contribution in [1.29, 1.82) is 0 Å². The number of imide groups is 1. The summed E-state index contributed by atoms with van der Waals surface area (Å²) in [5.41, 5.74) is 3.79. The predicted molar refractivity (Wildman–Crippen MR) is 141 cm³/mol. The van der Waals surface area contributed by atoms with Gasteiger partial charge in [-0.1, -0.05) is 24.3 Å². The normalized spacial score (nSPS) is 15.2. The van der Waals surface area contributed by atoms with Gasteiger partial charge >= 0.3 is 0 Å². The molecule has 2 aliphatic rings. The van der Waals surface area contributed by atoms with E-state index in [1.165, 1.54) is 10.4 Å². The molecule has 0 spiro atoms. The highest BCUT2D eigenvalue weighted by Gasteiger charge is 2.36. The van der Waals surface area contributed by atoms with Gasteiger partial charge in [-0.05, 0) is 43.3 Å². The average molecular weight is 525 g/mol. The first kappa shape index (κ1) is 23.6. The summed E-state index contributed by atoms with van der Waals surface area (Å²) in [6.45, 7) is 1.42. The molecule has 0 saturated heterocycles. The van der Waals surface area contributed by atoms with E-state index in [-0.39, 0.29) is 19.0 Å². The summed E-state index contributed by atoms with van der Waals surface area (Å²) < 4.78 is 1.09. The molecule has 0 fully saturated rings. The number of hydrogen-bond acceptors (Lipinski definition) is 7. The van der Waals surface area contributed by atoms with Crippen LogP contribution in [-0.4, -0.2) is 52.6 Å². The molecule has 0 aliphatic carbocycles. The summed E-state index contributed by atoms with van der Waals surface area (Å²) in [4.78, 5) is 47.8. The molecule has 35 heavy (non-hydrogen) atoms. The lowest BCUT2D eigenvalue weighted by Crippen LogP contribution is -2.37. The number of fused-ring (bicyclic) bond motifs is 3.